The molecule has 2 N–H and O–H groups in total. The summed E-state index contributed by atoms with van der Waals surface area (Å²) in [6.07, 6.45) is 0.815. The van der Waals surface area contributed by atoms with Gasteiger partial charge in [-0.3, -0.25) is 9.89 Å². The van der Waals surface area contributed by atoms with Crippen molar-refractivity contribution in [3.05, 3.63) is 52.5 Å². The van der Waals surface area contributed by atoms with Crippen molar-refractivity contribution in [1.29, 1.82) is 0 Å². The van der Waals surface area contributed by atoms with Crippen LogP contribution in [0.1, 0.15) is 17.3 Å². The highest BCUT2D eigenvalue weighted by molar-refractivity contribution is 7.10. The van der Waals surface area contributed by atoms with Gasteiger partial charge >= 0.3 is 0 Å². The van der Waals surface area contributed by atoms with E-state index in [0.29, 0.717) is 18.4 Å². The predicted octanol–water partition coefficient (Wildman–Crippen LogP) is 2.89. The molecule has 1 saturated heterocycles. The summed E-state index contributed by atoms with van der Waals surface area (Å²) in [5.41, 5.74) is 0. The minimum absolute atomic E-state index is 0.258. The first-order chi connectivity index (χ1) is 14.3. The summed E-state index contributed by atoms with van der Waals surface area (Å²) in [4.78, 5) is 8.14. The van der Waals surface area contributed by atoms with Gasteiger partial charge in [0.05, 0.1) is 25.9 Å². The lowest BCUT2D eigenvalue weighted by Crippen LogP contribution is -2.46. The third-order valence-electron chi connectivity index (χ3n) is 4.74. The third-order valence-corrected chi connectivity index (χ3v) is 5.71. The van der Waals surface area contributed by atoms with Gasteiger partial charge in [0.15, 0.2) is 5.96 Å². The van der Waals surface area contributed by atoms with Crippen molar-refractivity contribution in [1.82, 2.24) is 15.5 Å². The standard InChI is InChI=1S/C21H29FN4O2S/c1-23-21(24-9-3-12-28-18-7-5-17(22)6-8-18)25-16-19(20-4-2-15-29-20)26-10-13-27-14-11-26/h2,4-8,15,19H,3,9-14,16H2,1H3,(H2,23,24,25). The van der Waals surface area contributed by atoms with Crippen LogP contribution in [0.2, 0.25) is 0 Å². The molecule has 1 aromatic carbocycles. The van der Waals surface area contributed by atoms with E-state index in [9.17, 15) is 4.39 Å². The summed E-state index contributed by atoms with van der Waals surface area (Å²) in [5, 5.41) is 8.90. The largest absolute Gasteiger partial charge is 0.494 e. The van der Waals surface area contributed by atoms with Crippen molar-refractivity contribution in [3.8, 4) is 5.75 Å². The molecule has 1 aromatic heterocycles. The molecule has 0 radical (unpaired) electrons. The molecule has 1 unspecified atom stereocenters. The van der Waals surface area contributed by atoms with Crippen LogP contribution >= 0.6 is 11.3 Å². The lowest BCUT2D eigenvalue weighted by Gasteiger charge is -2.34. The molecule has 0 aliphatic carbocycles. The maximum atomic E-state index is 12.9. The predicted molar refractivity (Wildman–Crippen MR) is 115 cm³/mol. The molecule has 1 aliphatic heterocycles. The van der Waals surface area contributed by atoms with Crippen LogP contribution in [0.15, 0.2) is 46.8 Å². The fourth-order valence-electron chi connectivity index (χ4n) is 3.19. The van der Waals surface area contributed by atoms with Crippen LogP contribution in [0, 0.1) is 5.82 Å². The van der Waals surface area contributed by atoms with Gasteiger partial charge in [-0.1, -0.05) is 6.07 Å². The SMILES string of the molecule is CN=C(NCCCOc1ccc(F)cc1)NCC(c1cccs1)N1CCOCC1. The Morgan fingerprint density at radius 3 is 2.72 bits per heavy atom. The number of morpholine rings is 1. The van der Waals surface area contributed by atoms with Crippen LogP contribution < -0.4 is 15.4 Å². The molecule has 8 heteroatoms. The zero-order chi connectivity index (χ0) is 20.3. The first kappa shape index (κ1) is 21.5. The highest BCUT2D eigenvalue weighted by Gasteiger charge is 2.23. The Hall–Kier alpha value is -2.16. The molecule has 1 atom stereocenters. The van der Waals surface area contributed by atoms with Crippen LogP contribution in [-0.4, -0.2) is 63.9 Å². The highest BCUT2D eigenvalue weighted by atomic mass is 32.1. The molecule has 0 bridgehead atoms. The molecule has 158 valence electrons. The Morgan fingerprint density at radius 2 is 2.03 bits per heavy atom. The molecule has 2 heterocycles. The summed E-state index contributed by atoms with van der Waals surface area (Å²) >= 11 is 1.78. The summed E-state index contributed by atoms with van der Waals surface area (Å²) in [5.74, 6) is 1.20. The number of ether oxygens (including phenoxy) is 2. The summed E-state index contributed by atoms with van der Waals surface area (Å²) in [7, 11) is 1.78. The van der Waals surface area contributed by atoms with Crippen molar-refractivity contribution in [2.24, 2.45) is 4.99 Å². The molecule has 29 heavy (non-hydrogen) atoms. The zero-order valence-electron chi connectivity index (χ0n) is 16.8. The molecule has 0 amide bonds. The van der Waals surface area contributed by atoms with Crippen molar-refractivity contribution < 1.29 is 13.9 Å². The fraction of sp³-hybridized carbons (Fsp3) is 0.476. The van der Waals surface area contributed by atoms with Gasteiger partial charge in [-0.25, -0.2) is 4.39 Å². The number of nitrogens with zero attached hydrogens (tertiary/aromatic N) is 2. The van der Waals surface area contributed by atoms with E-state index in [4.69, 9.17) is 9.47 Å². The Morgan fingerprint density at radius 1 is 1.24 bits per heavy atom. The second-order valence-corrected chi connectivity index (χ2v) is 7.69. The van der Waals surface area contributed by atoms with Crippen LogP contribution in [0.4, 0.5) is 4.39 Å². The molecule has 0 spiro atoms. The van der Waals surface area contributed by atoms with E-state index in [1.165, 1.54) is 17.0 Å². The van der Waals surface area contributed by atoms with Crippen LogP contribution in [0.5, 0.6) is 5.75 Å². The summed E-state index contributed by atoms with van der Waals surface area (Å²) in [6.45, 7) is 5.52. The number of halogens is 1. The summed E-state index contributed by atoms with van der Waals surface area (Å²) in [6, 6.07) is 10.7. The normalized spacial score (nSPS) is 16.4. The van der Waals surface area contributed by atoms with Gasteiger partial charge < -0.3 is 20.1 Å². The Kier molecular flexibility index (Phi) is 8.73. The number of guanidine groups is 1. The first-order valence-electron chi connectivity index (χ1n) is 9.94. The summed E-state index contributed by atoms with van der Waals surface area (Å²) < 4.78 is 24.0. The number of aliphatic imine (C=N–C) groups is 1. The van der Waals surface area contributed by atoms with Crippen LogP contribution in [-0.2, 0) is 4.74 Å². The van der Waals surface area contributed by atoms with Gasteiger partial charge in [-0.2, -0.15) is 0 Å². The first-order valence-corrected chi connectivity index (χ1v) is 10.8. The Balaban J connectivity index is 1.40. The van der Waals surface area contributed by atoms with E-state index < -0.39 is 0 Å². The number of hydrogen-bond donors (Lipinski definition) is 2. The maximum Gasteiger partial charge on any atom is 0.191 e. The smallest absolute Gasteiger partial charge is 0.191 e. The van der Waals surface area contributed by atoms with Gasteiger partial charge in [0, 0.05) is 38.1 Å². The van der Waals surface area contributed by atoms with Crippen molar-refractivity contribution >= 4 is 17.3 Å². The van der Waals surface area contributed by atoms with E-state index in [-0.39, 0.29) is 5.82 Å². The van der Waals surface area contributed by atoms with Gasteiger partial charge in [-0.05, 0) is 42.1 Å². The van der Waals surface area contributed by atoms with E-state index >= 15 is 0 Å². The number of benzene rings is 1. The average molecular weight is 421 g/mol. The van der Waals surface area contributed by atoms with Crippen LogP contribution in [0.25, 0.3) is 0 Å². The number of hydrogen-bond acceptors (Lipinski definition) is 5. The molecule has 6 nitrogen and oxygen atoms in total. The van der Waals surface area contributed by atoms with Crippen LogP contribution in [0.3, 0.4) is 0 Å². The second kappa shape index (κ2) is 11.7. The molecule has 0 saturated carbocycles. The van der Waals surface area contributed by atoms with E-state index in [1.807, 2.05) is 0 Å². The Labute approximate surface area is 175 Å². The van der Waals surface area contributed by atoms with E-state index in [0.717, 1.165) is 51.8 Å². The van der Waals surface area contributed by atoms with Crippen molar-refractivity contribution in [2.45, 2.75) is 12.5 Å². The molecular formula is C21H29FN4O2S. The van der Waals surface area contributed by atoms with Gasteiger partial charge in [0.25, 0.3) is 0 Å². The highest BCUT2D eigenvalue weighted by Crippen LogP contribution is 2.25. The van der Waals surface area contributed by atoms with Gasteiger partial charge in [0.2, 0.25) is 0 Å². The third kappa shape index (κ3) is 6.99. The lowest BCUT2D eigenvalue weighted by atomic mass is 10.2. The van der Waals surface area contributed by atoms with E-state index in [1.54, 1.807) is 30.5 Å². The minimum Gasteiger partial charge on any atom is -0.494 e. The number of nitrogens with one attached hydrogen (secondary N) is 2. The zero-order valence-corrected chi connectivity index (χ0v) is 17.6. The quantitative estimate of drug-likeness (QED) is 0.371. The molecule has 1 aliphatic rings. The topological polar surface area (TPSA) is 58.1 Å². The molecule has 3 rings (SSSR count). The van der Waals surface area contributed by atoms with Crippen molar-refractivity contribution in [2.75, 3.05) is 53.0 Å². The number of rotatable bonds is 9. The fourth-order valence-corrected chi connectivity index (χ4v) is 4.05. The van der Waals surface area contributed by atoms with Crippen molar-refractivity contribution in [3.63, 3.8) is 0 Å². The Bertz CT molecular complexity index is 734. The average Bonchev–Trinajstić information content (AvgIpc) is 3.29. The molecular weight excluding hydrogens is 391 g/mol. The lowest BCUT2D eigenvalue weighted by molar-refractivity contribution is 0.0177. The molecule has 2 aromatic rings. The van der Waals surface area contributed by atoms with E-state index in [2.05, 4.69) is 38.0 Å². The van der Waals surface area contributed by atoms with Gasteiger partial charge in [-0.15, -0.1) is 11.3 Å². The number of thiophene rings is 1. The molecule has 1 fully saturated rings. The monoisotopic (exact) mass is 420 g/mol. The van der Waals surface area contributed by atoms with Gasteiger partial charge in [0.1, 0.15) is 11.6 Å². The minimum atomic E-state index is -0.258. The second-order valence-electron chi connectivity index (χ2n) is 6.72. The maximum absolute atomic E-state index is 12.9.